The van der Waals surface area contributed by atoms with E-state index in [1.165, 1.54) is 12.8 Å². The molecule has 3 nitrogen and oxygen atoms in total. The maximum atomic E-state index is 5.45. The SMILES string of the molecule is COc1cccc(NC(=S)N[C@H]2C[C@H](C)CC(C)(C)C2)c1. The van der Waals surface area contributed by atoms with Crippen molar-refractivity contribution in [2.24, 2.45) is 11.3 Å². The summed E-state index contributed by atoms with van der Waals surface area (Å²) < 4.78 is 5.22. The van der Waals surface area contributed by atoms with E-state index in [-0.39, 0.29) is 0 Å². The normalized spacial score (nSPS) is 24.2. The third-order valence-electron chi connectivity index (χ3n) is 4.05. The highest BCUT2D eigenvalue weighted by Gasteiger charge is 2.32. The van der Waals surface area contributed by atoms with Crippen LogP contribution in [0.25, 0.3) is 0 Å². The Hall–Kier alpha value is -1.29. The van der Waals surface area contributed by atoms with Crippen LogP contribution in [-0.4, -0.2) is 18.3 Å². The minimum Gasteiger partial charge on any atom is -0.497 e. The first-order valence-corrected chi connectivity index (χ1v) is 8.00. The highest BCUT2D eigenvalue weighted by atomic mass is 32.1. The number of thiocarbonyl (C=S) groups is 1. The molecule has 0 aromatic heterocycles. The molecule has 0 radical (unpaired) electrons. The van der Waals surface area contributed by atoms with Gasteiger partial charge in [0.1, 0.15) is 5.75 Å². The van der Waals surface area contributed by atoms with Gasteiger partial charge in [-0.25, -0.2) is 0 Å². The van der Waals surface area contributed by atoms with Crippen LogP contribution in [0, 0.1) is 11.3 Å². The van der Waals surface area contributed by atoms with Crippen LogP contribution in [0.15, 0.2) is 24.3 Å². The molecule has 2 rings (SSSR count). The van der Waals surface area contributed by atoms with Gasteiger partial charge in [-0.15, -0.1) is 0 Å². The smallest absolute Gasteiger partial charge is 0.170 e. The summed E-state index contributed by atoms with van der Waals surface area (Å²) in [6.45, 7) is 7.01. The van der Waals surface area contributed by atoms with Crippen molar-refractivity contribution in [2.75, 3.05) is 12.4 Å². The van der Waals surface area contributed by atoms with Gasteiger partial charge in [-0.05, 0) is 54.9 Å². The number of rotatable bonds is 3. The van der Waals surface area contributed by atoms with Crippen molar-refractivity contribution in [3.63, 3.8) is 0 Å². The lowest BCUT2D eigenvalue weighted by Gasteiger charge is -2.39. The molecule has 116 valence electrons. The summed E-state index contributed by atoms with van der Waals surface area (Å²) in [4.78, 5) is 0. The lowest BCUT2D eigenvalue weighted by molar-refractivity contribution is 0.162. The number of nitrogens with one attached hydrogen (secondary N) is 2. The Bertz CT molecular complexity index is 501. The number of hydrogen-bond acceptors (Lipinski definition) is 2. The van der Waals surface area contributed by atoms with Crippen molar-refractivity contribution in [3.8, 4) is 5.75 Å². The number of anilines is 1. The second-order valence-corrected chi connectivity index (χ2v) is 7.35. The van der Waals surface area contributed by atoms with E-state index in [1.807, 2.05) is 24.3 Å². The molecular formula is C17H26N2OS. The molecule has 0 bridgehead atoms. The zero-order valence-electron chi connectivity index (χ0n) is 13.4. The van der Waals surface area contributed by atoms with Crippen molar-refractivity contribution in [1.82, 2.24) is 5.32 Å². The van der Waals surface area contributed by atoms with E-state index in [2.05, 4.69) is 31.4 Å². The Kier molecular flexibility index (Phi) is 5.09. The topological polar surface area (TPSA) is 33.3 Å². The van der Waals surface area contributed by atoms with Crippen molar-refractivity contribution >= 4 is 23.0 Å². The molecule has 0 aliphatic heterocycles. The molecule has 0 spiro atoms. The molecule has 21 heavy (non-hydrogen) atoms. The maximum absolute atomic E-state index is 5.45. The Morgan fingerprint density at radius 3 is 2.76 bits per heavy atom. The molecule has 0 amide bonds. The van der Waals surface area contributed by atoms with Crippen LogP contribution in [0.1, 0.15) is 40.0 Å². The van der Waals surface area contributed by atoms with Crippen LogP contribution in [-0.2, 0) is 0 Å². The van der Waals surface area contributed by atoms with Crippen LogP contribution in [0.2, 0.25) is 0 Å². The summed E-state index contributed by atoms with van der Waals surface area (Å²) >= 11 is 5.45. The van der Waals surface area contributed by atoms with Crippen LogP contribution >= 0.6 is 12.2 Å². The summed E-state index contributed by atoms with van der Waals surface area (Å²) in [5.74, 6) is 1.57. The fraction of sp³-hybridized carbons (Fsp3) is 0.588. The van der Waals surface area contributed by atoms with Gasteiger partial charge in [0, 0.05) is 17.8 Å². The monoisotopic (exact) mass is 306 g/mol. The lowest BCUT2D eigenvalue weighted by atomic mass is 9.71. The van der Waals surface area contributed by atoms with Gasteiger partial charge in [-0.2, -0.15) is 0 Å². The standard InChI is InChI=1S/C17H26N2OS/c1-12-8-14(11-17(2,3)10-12)19-16(21)18-13-6-5-7-15(9-13)20-4/h5-7,9,12,14H,8,10-11H2,1-4H3,(H2,18,19,21)/t12-,14-/m0/s1. The first kappa shape index (κ1) is 16.1. The summed E-state index contributed by atoms with van der Waals surface area (Å²) in [5.41, 5.74) is 1.34. The van der Waals surface area contributed by atoms with Crippen molar-refractivity contribution in [2.45, 2.75) is 46.1 Å². The van der Waals surface area contributed by atoms with Gasteiger partial charge in [0.25, 0.3) is 0 Å². The summed E-state index contributed by atoms with van der Waals surface area (Å²) in [5, 5.41) is 7.41. The quantitative estimate of drug-likeness (QED) is 0.820. The lowest BCUT2D eigenvalue weighted by Crippen LogP contribution is -2.44. The van der Waals surface area contributed by atoms with Gasteiger partial charge in [0.05, 0.1) is 7.11 Å². The van der Waals surface area contributed by atoms with Gasteiger partial charge in [0.2, 0.25) is 0 Å². The van der Waals surface area contributed by atoms with Gasteiger partial charge in [0.15, 0.2) is 5.11 Å². The zero-order chi connectivity index (χ0) is 15.5. The largest absolute Gasteiger partial charge is 0.497 e. The Morgan fingerprint density at radius 2 is 2.10 bits per heavy atom. The molecule has 0 heterocycles. The second-order valence-electron chi connectivity index (χ2n) is 6.94. The van der Waals surface area contributed by atoms with Crippen LogP contribution in [0.5, 0.6) is 5.75 Å². The maximum Gasteiger partial charge on any atom is 0.170 e. The Morgan fingerprint density at radius 1 is 1.33 bits per heavy atom. The molecule has 1 aromatic carbocycles. The third-order valence-corrected chi connectivity index (χ3v) is 4.27. The summed E-state index contributed by atoms with van der Waals surface area (Å²) in [6, 6.07) is 8.27. The minimum atomic E-state index is 0.390. The van der Waals surface area contributed by atoms with E-state index < -0.39 is 0 Å². The number of methoxy groups -OCH3 is 1. The minimum absolute atomic E-state index is 0.390. The van der Waals surface area contributed by atoms with E-state index in [0.717, 1.165) is 23.8 Å². The molecule has 0 saturated heterocycles. The van der Waals surface area contributed by atoms with E-state index in [1.54, 1.807) is 7.11 Å². The van der Waals surface area contributed by atoms with E-state index in [9.17, 15) is 0 Å². The average molecular weight is 306 g/mol. The molecule has 0 unspecified atom stereocenters. The Balaban J connectivity index is 1.92. The van der Waals surface area contributed by atoms with Crippen molar-refractivity contribution < 1.29 is 4.74 Å². The first-order valence-electron chi connectivity index (χ1n) is 7.59. The predicted molar refractivity (Wildman–Crippen MR) is 92.9 cm³/mol. The first-order chi connectivity index (χ1) is 9.88. The summed E-state index contributed by atoms with van der Waals surface area (Å²) in [6.07, 6.45) is 3.64. The molecule has 1 aromatic rings. The Labute approximate surface area is 133 Å². The molecule has 1 aliphatic carbocycles. The molecule has 1 fully saturated rings. The zero-order valence-corrected chi connectivity index (χ0v) is 14.2. The number of benzene rings is 1. The predicted octanol–water partition coefficient (Wildman–Crippen LogP) is 4.20. The highest BCUT2D eigenvalue weighted by Crippen LogP contribution is 2.38. The average Bonchev–Trinajstić information content (AvgIpc) is 2.36. The fourth-order valence-corrected chi connectivity index (χ4v) is 3.79. The summed E-state index contributed by atoms with van der Waals surface area (Å²) in [7, 11) is 1.67. The van der Waals surface area contributed by atoms with Gasteiger partial charge >= 0.3 is 0 Å². The van der Waals surface area contributed by atoms with Crippen LogP contribution in [0.4, 0.5) is 5.69 Å². The van der Waals surface area contributed by atoms with Crippen LogP contribution in [0.3, 0.4) is 0 Å². The highest BCUT2D eigenvalue weighted by molar-refractivity contribution is 7.80. The molecule has 2 N–H and O–H groups in total. The number of ether oxygens (including phenoxy) is 1. The van der Waals surface area contributed by atoms with E-state index in [0.29, 0.717) is 16.6 Å². The molecule has 1 saturated carbocycles. The van der Waals surface area contributed by atoms with Crippen molar-refractivity contribution in [1.29, 1.82) is 0 Å². The van der Waals surface area contributed by atoms with Gasteiger partial charge in [-0.1, -0.05) is 26.8 Å². The van der Waals surface area contributed by atoms with Crippen LogP contribution < -0.4 is 15.4 Å². The van der Waals surface area contributed by atoms with E-state index in [4.69, 9.17) is 17.0 Å². The third kappa shape index (κ3) is 4.88. The second kappa shape index (κ2) is 6.65. The van der Waals surface area contributed by atoms with Crippen molar-refractivity contribution in [3.05, 3.63) is 24.3 Å². The number of hydrogen-bond donors (Lipinski definition) is 2. The van der Waals surface area contributed by atoms with Gasteiger partial charge < -0.3 is 15.4 Å². The fourth-order valence-electron chi connectivity index (χ4n) is 3.51. The molecule has 1 aliphatic rings. The molecule has 4 heteroatoms. The molecule has 2 atom stereocenters. The molecular weight excluding hydrogens is 280 g/mol. The van der Waals surface area contributed by atoms with E-state index >= 15 is 0 Å². The van der Waals surface area contributed by atoms with Gasteiger partial charge in [-0.3, -0.25) is 0 Å².